The summed E-state index contributed by atoms with van der Waals surface area (Å²) in [4.78, 5) is 24.2. The van der Waals surface area contributed by atoms with Gasteiger partial charge in [0.2, 0.25) is 5.91 Å². The number of nitrogens with zero attached hydrogens (tertiary/aromatic N) is 1. The second kappa shape index (κ2) is 9.69. The molecular formula is C22H24N2O4. The van der Waals surface area contributed by atoms with Crippen LogP contribution in [0.4, 0.5) is 0 Å². The summed E-state index contributed by atoms with van der Waals surface area (Å²) in [5, 5.41) is 4.03. The summed E-state index contributed by atoms with van der Waals surface area (Å²) in [5.74, 6) is 0.732. The molecule has 0 spiro atoms. The lowest BCUT2D eigenvalue weighted by atomic mass is 9.89. The monoisotopic (exact) mass is 380 g/mol. The van der Waals surface area contributed by atoms with Gasteiger partial charge < -0.3 is 9.47 Å². The van der Waals surface area contributed by atoms with Crippen molar-refractivity contribution in [2.24, 2.45) is 11.0 Å². The number of hydrogen-bond donors (Lipinski definition) is 1. The molecule has 0 aliphatic heterocycles. The molecule has 0 atom stereocenters. The SMILES string of the molecule is COc1ccc(C(=O)Oc2ccc(/C=N\NC(=O)C3CCCCC3)cc2)cc1. The van der Waals surface area contributed by atoms with Crippen molar-refractivity contribution in [3.8, 4) is 11.5 Å². The molecular weight excluding hydrogens is 356 g/mol. The molecule has 0 heterocycles. The number of rotatable bonds is 6. The number of esters is 1. The molecule has 0 aromatic heterocycles. The molecule has 0 radical (unpaired) electrons. The first-order valence-electron chi connectivity index (χ1n) is 9.45. The van der Waals surface area contributed by atoms with Crippen LogP contribution in [-0.4, -0.2) is 25.2 Å². The molecule has 0 saturated heterocycles. The number of amides is 1. The third kappa shape index (κ3) is 5.42. The summed E-state index contributed by atoms with van der Waals surface area (Å²) in [6.45, 7) is 0. The molecule has 1 aliphatic rings. The Bertz CT molecular complexity index is 823. The third-order valence-electron chi connectivity index (χ3n) is 4.78. The standard InChI is InChI=1S/C22H24N2O4/c1-27-19-13-9-18(10-14-19)22(26)28-20-11-7-16(8-12-20)15-23-24-21(25)17-5-3-2-4-6-17/h7-15,17H,2-6H2,1H3,(H,24,25)/b23-15-. The van der Waals surface area contributed by atoms with Crippen LogP contribution in [0.2, 0.25) is 0 Å². The molecule has 2 aromatic carbocycles. The predicted molar refractivity (Wildman–Crippen MR) is 107 cm³/mol. The van der Waals surface area contributed by atoms with Gasteiger partial charge in [0, 0.05) is 5.92 Å². The maximum atomic E-state index is 12.2. The highest BCUT2D eigenvalue weighted by atomic mass is 16.5. The lowest BCUT2D eigenvalue weighted by Gasteiger charge is -2.19. The van der Waals surface area contributed by atoms with E-state index >= 15 is 0 Å². The van der Waals surface area contributed by atoms with Crippen LogP contribution >= 0.6 is 0 Å². The number of benzene rings is 2. The number of methoxy groups -OCH3 is 1. The van der Waals surface area contributed by atoms with Gasteiger partial charge in [-0.15, -0.1) is 0 Å². The first-order chi connectivity index (χ1) is 13.7. The molecule has 146 valence electrons. The lowest BCUT2D eigenvalue weighted by Crippen LogP contribution is -2.28. The fraction of sp³-hybridized carbons (Fsp3) is 0.318. The van der Waals surface area contributed by atoms with Crippen LogP contribution in [0.5, 0.6) is 11.5 Å². The van der Waals surface area contributed by atoms with Crippen LogP contribution < -0.4 is 14.9 Å². The van der Waals surface area contributed by atoms with Crippen molar-refractivity contribution in [3.05, 3.63) is 59.7 Å². The molecule has 1 fully saturated rings. The van der Waals surface area contributed by atoms with E-state index in [1.807, 2.05) is 0 Å². The highest BCUT2D eigenvalue weighted by Gasteiger charge is 2.20. The Labute approximate surface area is 164 Å². The van der Waals surface area contributed by atoms with Crippen LogP contribution in [0, 0.1) is 5.92 Å². The van der Waals surface area contributed by atoms with Gasteiger partial charge in [-0.1, -0.05) is 19.3 Å². The van der Waals surface area contributed by atoms with Crippen molar-refractivity contribution < 1.29 is 19.1 Å². The topological polar surface area (TPSA) is 77.0 Å². The van der Waals surface area contributed by atoms with Crippen molar-refractivity contribution in [2.75, 3.05) is 7.11 Å². The number of carbonyl (C=O) groups is 2. The summed E-state index contributed by atoms with van der Waals surface area (Å²) in [5.41, 5.74) is 3.85. The average molecular weight is 380 g/mol. The van der Waals surface area contributed by atoms with Crippen molar-refractivity contribution >= 4 is 18.1 Å². The Hall–Kier alpha value is -3.15. The second-order valence-corrected chi connectivity index (χ2v) is 6.76. The van der Waals surface area contributed by atoms with Gasteiger partial charge in [0.15, 0.2) is 0 Å². The van der Waals surface area contributed by atoms with Gasteiger partial charge in [-0.3, -0.25) is 4.79 Å². The zero-order valence-electron chi connectivity index (χ0n) is 15.9. The van der Waals surface area contributed by atoms with E-state index in [1.165, 1.54) is 6.42 Å². The van der Waals surface area contributed by atoms with Gasteiger partial charge in [-0.25, -0.2) is 10.2 Å². The summed E-state index contributed by atoms with van der Waals surface area (Å²) >= 11 is 0. The highest BCUT2D eigenvalue weighted by molar-refractivity contribution is 5.91. The second-order valence-electron chi connectivity index (χ2n) is 6.76. The highest BCUT2D eigenvalue weighted by Crippen LogP contribution is 2.23. The van der Waals surface area contributed by atoms with E-state index in [0.717, 1.165) is 31.2 Å². The zero-order valence-corrected chi connectivity index (χ0v) is 15.9. The van der Waals surface area contributed by atoms with Gasteiger partial charge in [-0.2, -0.15) is 5.10 Å². The largest absolute Gasteiger partial charge is 0.497 e. The van der Waals surface area contributed by atoms with E-state index in [9.17, 15) is 9.59 Å². The van der Waals surface area contributed by atoms with Crippen molar-refractivity contribution in [2.45, 2.75) is 32.1 Å². The van der Waals surface area contributed by atoms with Gasteiger partial charge in [0.25, 0.3) is 0 Å². The number of ether oxygens (including phenoxy) is 2. The Morgan fingerprint density at radius 1 is 0.964 bits per heavy atom. The fourth-order valence-corrected chi connectivity index (χ4v) is 3.14. The zero-order chi connectivity index (χ0) is 19.8. The molecule has 1 aliphatic carbocycles. The molecule has 1 saturated carbocycles. The van der Waals surface area contributed by atoms with Gasteiger partial charge in [-0.05, 0) is 66.9 Å². The Kier molecular flexibility index (Phi) is 6.78. The maximum absolute atomic E-state index is 12.2. The van der Waals surface area contributed by atoms with E-state index in [0.29, 0.717) is 17.1 Å². The quantitative estimate of drug-likeness (QED) is 0.356. The molecule has 1 amide bonds. The van der Waals surface area contributed by atoms with Crippen LogP contribution in [0.3, 0.4) is 0 Å². The fourth-order valence-electron chi connectivity index (χ4n) is 3.14. The Morgan fingerprint density at radius 2 is 1.61 bits per heavy atom. The molecule has 1 N–H and O–H groups in total. The van der Waals surface area contributed by atoms with Crippen molar-refractivity contribution in [3.63, 3.8) is 0 Å². The third-order valence-corrected chi connectivity index (χ3v) is 4.78. The molecule has 0 bridgehead atoms. The average Bonchev–Trinajstić information content (AvgIpc) is 2.75. The summed E-state index contributed by atoms with van der Waals surface area (Å²) in [6.07, 6.45) is 6.89. The number of hydrogen-bond acceptors (Lipinski definition) is 5. The van der Waals surface area contributed by atoms with Crippen LogP contribution in [0.15, 0.2) is 53.6 Å². The minimum atomic E-state index is -0.441. The van der Waals surface area contributed by atoms with Crippen LogP contribution in [-0.2, 0) is 4.79 Å². The number of hydrazone groups is 1. The van der Waals surface area contributed by atoms with E-state index in [2.05, 4.69) is 10.5 Å². The van der Waals surface area contributed by atoms with E-state index in [4.69, 9.17) is 9.47 Å². The Morgan fingerprint density at radius 3 is 2.25 bits per heavy atom. The molecule has 2 aromatic rings. The maximum Gasteiger partial charge on any atom is 0.343 e. The molecule has 0 unspecified atom stereocenters. The smallest absolute Gasteiger partial charge is 0.343 e. The Balaban J connectivity index is 1.51. The normalized spacial score (nSPS) is 14.6. The van der Waals surface area contributed by atoms with Crippen LogP contribution in [0.25, 0.3) is 0 Å². The molecule has 6 nitrogen and oxygen atoms in total. The minimum absolute atomic E-state index is 0.0130. The molecule has 28 heavy (non-hydrogen) atoms. The molecule has 3 rings (SSSR count). The van der Waals surface area contributed by atoms with Crippen LogP contribution in [0.1, 0.15) is 48.0 Å². The minimum Gasteiger partial charge on any atom is -0.497 e. The van der Waals surface area contributed by atoms with Gasteiger partial charge >= 0.3 is 5.97 Å². The van der Waals surface area contributed by atoms with E-state index in [1.54, 1.807) is 61.9 Å². The number of carbonyl (C=O) groups excluding carboxylic acids is 2. The first kappa shape index (κ1) is 19.6. The summed E-state index contributed by atoms with van der Waals surface area (Å²) in [6, 6.07) is 13.6. The molecule has 6 heteroatoms. The predicted octanol–water partition coefficient (Wildman–Crippen LogP) is 3.94. The van der Waals surface area contributed by atoms with Gasteiger partial charge in [0.1, 0.15) is 11.5 Å². The first-order valence-corrected chi connectivity index (χ1v) is 9.45. The van der Waals surface area contributed by atoms with Gasteiger partial charge in [0.05, 0.1) is 18.9 Å². The number of nitrogens with one attached hydrogen (secondary N) is 1. The lowest BCUT2D eigenvalue weighted by molar-refractivity contribution is -0.125. The van der Waals surface area contributed by atoms with Crippen molar-refractivity contribution in [1.29, 1.82) is 0 Å². The summed E-state index contributed by atoms with van der Waals surface area (Å²) in [7, 11) is 1.57. The van der Waals surface area contributed by atoms with E-state index in [-0.39, 0.29) is 11.8 Å². The van der Waals surface area contributed by atoms with Crippen molar-refractivity contribution in [1.82, 2.24) is 5.43 Å². The van der Waals surface area contributed by atoms with E-state index < -0.39 is 5.97 Å². The summed E-state index contributed by atoms with van der Waals surface area (Å²) < 4.78 is 10.4.